The van der Waals surface area contributed by atoms with Crippen LogP contribution in [0.4, 0.5) is 0 Å². The second-order valence-electron chi connectivity index (χ2n) is 8.39. The van der Waals surface area contributed by atoms with E-state index in [0.717, 1.165) is 43.2 Å². The third kappa shape index (κ3) is 5.44. The van der Waals surface area contributed by atoms with Gasteiger partial charge in [0.05, 0.1) is 0 Å². The molecule has 0 heterocycles. The van der Waals surface area contributed by atoms with Gasteiger partial charge in [0.1, 0.15) is 0 Å². The maximum absolute atomic E-state index is 12.6. The Kier molecular flexibility index (Phi) is 7.80. The molecule has 2 aromatic rings. The molecule has 2 aromatic carbocycles. The summed E-state index contributed by atoms with van der Waals surface area (Å²) in [6.07, 6.45) is 11.3. The molecule has 154 valence electrons. The Morgan fingerprint density at radius 2 is 1.14 bits per heavy atom. The fourth-order valence-corrected chi connectivity index (χ4v) is 4.25. The Hall–Kier alpha value is -2.22. The third-order valence-electron chi connectivity index (χ3n) is 6.04. The van der Waals surface area contributed by atoms with Gasteiger partial charge in [0.25, 0.3) is 0 Å². The van der Waals surface area contributed by atoms with Gasteiger partial charge in [-0.1, -0.05) is 76.6 Å². The molecule has 3 rings (SSSR count). The van der Waals surface area contributed by atoms with Crippen molar-refractivity contribution in [1.82, 2.24) is 0 Å². The molecule has 0 atom stereocenters. The van der Waals surface area contributed by atoms with Crippen molar-refractivity contribution in [2.24, 2.45) is 0 Å². The molecule has 0 aliphatic heterocycles. The van der Waals surface area contributed by atoms with Crippen LogP contribution in [0.2, 0.25) is 0 Å². The molecular weight excluding hydrogens is 356 g/mol. The Morgan fingerprint density at radius 3 is 1.69 bits per heavy atom. The molecule has 0 fully saturated rings. The fraction of sp³-hybridized carbons (Fsp3) is 0.481. The SMILES string of the molecule is CCCCCCCCC(=O)c1ccc2c(c1)Cc1cc(C(=O)CCCC)ccc1-2. The average molecular weight is 391 g/mol. The van der Waals surface area contributed by atoms with Crippen LogP contribution in [0.25, 0.3) is 11.1 Å². The van der Waals surface area contributed by atoms with Crippen LogP contribution in [0, 0.1) is 0 Å². The van der Waals surface area contributed by atoms with E-state index in [1.807, 2.05) is 12.1 Å². The Labute approximate surface area is 175 Å². The van der Waals surface area contributed by atoms with E-state index in [2.05, 4.69) is 38.1 Å². The molecule has 0 amide bonds. The summed E-state index contributed by atoms with van der Waals surface area (Å²) in [6, 6.07) is 12.3. The lowest BCUT2D eigenvalue weighted by Gasteiger charge is -2.06. The standard InChI is InChI=1S/C27H34O2/c1-3-5-7-8-9-10-12-27(29)21-14-16-25-23(18-21)19-22-17-20(13-15-24(22)25)26(28)11-6-4-2/h13-18H,3-12,19H2,1-2H3. The molecule has 0 radical (unpaired) electrons. The van der Waals surface area contributed by atoms with E-state index < -0.39 is 0 Å². The zero-order chi connectivity index (χ0) is 20.6. The number of rotatable bonds is 12. The normalized spacial score (nSPS) is 11.9. The summed E-state index contributed by atoms with van der Waals surface area (Å²) < 4.78 is 0. The predicted molar refractivity (Wildman–Crippen MR) is 121 cm³/mol. The van der Waals surface area contributed by atoms with Gasteiger partial charge < -0.3 is 0 Å². The number of Topliss-reactive ketones (excluding diaryl/α,β-unsaturated/α-hetero) is 2. The molecule has 0 N–H and O–H groups in total. The molecule has 0 aromatic heterocycles. The Bertz CT molecular complexity index is 863. The van der Waals surface area contributed by atoms with Crippen LogP contribution in [0.5, 0.6) is 0 Å². The zero-order valence-electron chi connectivity index (χ0n) is 18.1. The highest BCUT2D eigenvalue weighted by Gasteiger charge is 2.21. The second kappa shape index (κ2) is 10.5. The molecule has 2 heteroatoms. The molecule has 0 bridgehead atoms. The quantitative estimate of drug-likeness (QED) is 0.236. The van der Waals surface area contributed by atoms with Crippen molar-refractivity contribution >= 4 is 11.6 Å². The number of hydrogen-bond donors (Lipinski definition) is 0. The maximum atomic E-state index is 12.6. The summed E-state index contributed by atoms with van der Waals surface area (Å²) in [6.45, 7) is 4.33. The highest BCUT2D eigenvalue weighted by atomic mass is 16.1. The highest BCUT2D eigenvalue weighted by Crippen LogP contribution is 2.38. The third-order valence-corrected chi connectivity index (χ3v) is 6.04. The minimum atomic E-state index is 0.236. The van der Waals surface area contributed by atoms with Crippen LogP contribution < -0.4 is 0 Å². The van der Waals surface area contributed by atoms with E-state index >= 15 is 0 Å². The Balaban J connectivity index is 1.62. The number of carbonyl (C=O) groups is 2. The number of unbranched alkanes of at least 4 members (excludes halogenated alkanes) is 6. The Morgan fingerprint density at radius 1 is 0.655 bits per heavy atom. The van der Waals surface area contributed by atoms with E-state index in [1.54, 1.807) is 0 Å². The van der Waals surface area contributed by atoms with Gasteiger partial charge in [-0.3, -0.25) is 9.59 Å². The summed E-state index contributed by atoms with van der Waals surface area (Å²) >= 11 is 0. The van der Waals surface area contributed by atoms with Gasteiger partial charge in [0, 0.05) is 24.0 Å². The van der Waals surface area contributed by atoms with E-state index in [9.17, 15) is 9.59 Å². The minimum absolute atomic E-state index is 0.236. The number of benzene rings is 2. The van der Waals surface area contributed by atoms with Crippen LogP contribution in [-0.2, 0) is 6.42 Å². The van der Waals surface area contributed by atoms with E-state index in [4.69, 9.17) is 0 Å². The van der Waals surface area contributed by atoms with Gasteiger partial charge in [-0.05, 0) is 53.6 Å². The first kappa shape index (κ1) is 21.5. The van der Waals surface area contributed by atoms with Crippen molar-refractivity contribution in [3.8, 4) is 11.1 Å². The summed E-state index contributed by atoms with van der Waals surface area (Å²) in [5, 5.41) is 0. The molecule has 0 saturated carbocycles. The summed E-state index contributed by atoms with van der Waals surface area (Å²) in [7, 11) is 0. The van der Waals surface area contributed by atoms with E-state index in [1.165, 1.54) is 47.9 Å². The lowest BCUT2D eigenvalue weighted by molar-refractivity contribution is 0.0971. The van der Waals surface area contributed by atoms with Crippen molar-refractivity contribution in [1.29, 1.82) is 0 Å². The van der Waals surface area contributed by atoms with Crippen LogP contribution in [0.15, 0.2) is 36.4 Å². The number of fused-ring (bicyclic) bond motifs is 3. The van der Waals surface area contributed by atoms with Crippen LogP contribution in [0.3, 0.4) is 0 Å². The lowest BCUT2D eigenvalue weighted by atomic mass is 9.98. The van der Waals surface area contributed by atoms with Gasteiger partial charge in [0.15, 0.2) is 11.6 Å². The number of carbonyl (C=O) groups excluding carboxylic acids is 2. The average Bonchev–Trinajstić information content (AvgIpc) is 3.11. The molecule has 1 aliphatic rings. The summed E-state index contributed by atoms with van der Waals surface area (Å²) in [5.74, 6) is 0.495. The highest BCUT2D eigenvalue weighted by molar-refractivity contribution is 5.99. The molecule has 0 saturated heterocycles. The minimum Gasteiger partial charge on any atom is -0.294 e. The van der Waals surface area contributed by atoms with Crippen molar-refractivity contribution in [3.05, 3.63) is 58.7 Å². The predicted octanol–water partition coefficient (Wildman–Crippen LogP) is 7.56. The van der Waals surface area contributed by atoms with Gasteiger partial charge >= 0.3 is 0 Å². The lowest BCUT2D eigenvalue weighted by Crippen LogP contribution is -2.00. The van der Waals surface area contributed by atoms with E-state index in [0.29, 0.717) is 12.8 Å². The van der Waals surface area contributed by atoms with Crippen LogP contribution in [-0.4, -0.2) is 11.6 Å². The maximum Gasteiger partial charge on any atom is 0.162 e. The molecule has 0 unspecified atom stereocenters. The van der Waals surface area contributed by atoms with Crippen molar-refractivity contribution < 1.29 is 9.59 Å². The number of hydrogen-bond acceptors (Lipinski definition) is 2. The topological polar surface area (TPSA) is 34.1 Å². The van der Waals surface area contributed by atoms with Gasteiger partial charge in [-0.15, -0.1) is 0 Å². The monoisotopic (exact) mass is 390 g/mol. The van der Waals surface area contributed by atoms with Gasteiger partial charge in [0.2, 0.25) is 0 Å². The first-order valence-electron chi connectivity index (χ1n) is 11.5. The van der Waals surface area contributed by atoms with Crippen molar-refractivity contribution in [3.63, 3.8) is 0 Å². The fourth-order valence-electron chi connectivity index (χ4n) is 4.25. The second-order valence-corrected chi connectivity index (χ2v) is 8.39. The first-order chi connectivity index (χ1) is 14.1. The number of ketones is 2. The smallest absolute Gasteiger partial charge is 0.162 e. The van der Waals surface area contributed by atoms with E-state index in [-0.39, 0.29) is 11.6 Å². The summed E-state index contributed by atoms with van der Waals surface area (Å²) in [5.41, 5.74) is 6.51. The molecule has 0 spiro atoms. The molecule has 1 aliphatic carbocycles. The summed E-state index contributed by atoms with van der Waals surface area (Å²) in [4.78, 5) is 25.0. The molecule has 2 nitrogen and oxygen atoms in total. The van der Waals surface area contributed by atoms with Crippen molar-refractivity contribution in [2.75, 3.05) is 0 Å². The van der Waals surface area contributed by atoms with Crippen LogP contribution >= 0.6 is 0 Å². The zero-order valence-corrected chi connectivity index (χ0v) is 18.1. The largest absolute Gasteiger partial charge is 0.294 e. The van der Waals surface area contributed by atoms with Gasteiger partial charge in [-0.2, -0.15) is 0 Å². The molecule has 29 heavy (non-hydrogen) atoms. The van der Waals surface area contributed by atoms with Gasteiger partial charge in [-0.25, -0.2) is 0 Å². The first-order valence-corrected chi connectivity index (χ1v) is 11.5. The molecular formula is C27H34O2. The van der Waals surface area contributed by atoms with Crippen molar-refractivity contribution in [2.45, 2.75) is 84.5 Å². The van der Waals surface area contributed by atoms with Crippen LogP contribution in [0.1, 0.15) is 110 Å².